The topological polar surface area (TPSA) is 84.2 Å². The van der Waals surface area contributed by atoms with Crippen LogP contribution < -0.4 is 16.4 Å². The van der Waals surface area contributed by atoms with Crippen molar-refractivity contribution in [1.82, 2.24) is 0 Å². The third-order valence-corrected chi connectivity index (χ3v) is 4.52. The van der Waals surface area contributed by atoms with Gasteiger partial charge in [-0.25, -0.2) is 0 Å². The summed E-state index contributed by atoms with van der Waals surface area (Å²) < 4.78 is 0. The van der Waals surface area contributed by atoms with E-state index in [0.717, 1.165) is 37.1 Å². The summed E-state index contributed by atoms with van der Waals surface area (Å²) in [6.45, 7) is 5.65. The van der Waals surface area contributed by atoms with Crippen LogP contribution in [0.25, 0.3) is 0 Å². The maximum atomic E-state index is 12.5. The highest BCUT2D eigenvalue weighted by Crippen LogP contribution is 2.32. The number of hydrogen-bond donors (Lipinski definition) is 3. The summed E-state index contributed by atoms with van der Waals surface area (Å²) in [5, 5.41) is 5.77. The molecule has 0 saturated heterocycles. The van der Waals surface area contributed by atoms with E-state index < -0.39 is 5.54 Å². The van der Waals surface area contributed by atoms with Gasteiger partial charge in [0.2, 0.25) is 11.8 Å². The van der Waals surface area contributed by atoms with E-state index in [0.29, 0.717) is 0 Å². The van der Waals surface area contributed by atoms with Crippen LogP contribution in [0, 0.1) is 11.8 Å². The van der Waals surface area contributed by atoms with Gasteiger partial charge in [0.25, 0.3) is 0 Å². The zero-order valence-electron chi connectivity index (χ0n) is 14.2. The van der Waals surface area contributed by atoms with Crippen molar-refractivity contribution >= 4 is 23.2 Å². The lowest BCUT2D eigenvalue weighted by Gasteiger charge is -2.37. The summed E-state index contributed by atoms with van der Waals surface area (Å²) in [5.74, 6) is -0.268. The van der Waals surface area contributed by atoms with Gasteiger partial charge >= 0.3 is 0 Å². The summed E-state index contributed by atoms with van der Waals surface area (Å²) >= 11 is 0. The lowest BCUT2D eigenvalue weighted by molar-refractivity contribution is -0.123. The molecule has 4 N–H and O–H groups in total. The first-order valence-corrected chi connectivity index (χ1v) is 8.30. The Balaban J connectivity index is 1.97. The summed E-state index contributed by atoms with van der Waals surface area (Å²) in [6, 6.07) is 7.17. The Kier molecular flexibility index (Phi) is 5.42. The van der Waals surface area contributed by atoms with Crippen molar-refractivity contribution < 1.29 is 9.59 Å². The van der Waals surface area contributed by atoms with Gasteiger partial charge in [-0.3, -0.25) is 9.59 Å². The number of nitrogens with two attached hydrogens (primary N) is 1. The molecule has 1 aromatic carbocycles. The minimum absolute atomic E-state index is 0.0198. The molecular formula is C18H27N3O2. The van der Waals surface area contributed by atoms with E-state index in [-0.39, 0.29) is 23.7 Å². The molecule has 2 unspecified atom stereocenters. The average molecular weight is 317 g/mol. The molecule has 1 aliphatic rings. The van der Waals surface area contributed by atoms with Crippen LogP contribution in [0.5, 0.6) is 0 Å². The van der Waals surface area contributed by atoms with Crippen molar-refractivity contribution in [2.75, 3.05) is 10.6 Å². The lowest BCUT2D eigenvalue weighted by atomic mass is 9.74. The van der Waals surface area contributed by atoms with Crippen molar-refractivity contribution in [2.24, 2.45) is 17.6 Å². The highest BCUT2D eigenvalue weighted by atomic mass is 16.2. The first-order chi connectivity index (χ1) is 10.8. The molecule has 5 heteroatoms. The van der Waals surface area contributed by atoms with Crippen molar-refractivity contribution in [3.8, 4) is 0 Å². The fourth-order valence-electron chi connectivity index (χ4n) is 2.94. The van der Waals surface area contributed by atoms with Crippen molar-refractivity contribution in [3.05, 3.63) is 24.3 Å². The Morgan fingerprint density at radius 3 is 2.22 bits per heavy atom. The van der Waals surface area contributed by atoms with Gasteiger partial charge in [-0.1, -0.05) is 26.7 Å². The second-order valence-electron chi connectivity index (χ2n) is 7.01. The van der Waals surface area contributed by atoms with E-state index in [2.05, 4.69) is 10.6 Å². The van der Waals surface area contributed by atoms with Gasteiger partial charge in [-0.2, -0.15) is 0 Å². The average Bonchev–Trinajstić information content (AvgIpc) is 2.48. The molecule has 2 amide bonds. The second kappa shape index (κ2) is 7.13. The third kappa shape index (κ3) is 4.55. The zero-order valence-corrected chi connectivity index (χ0v) is 14.2. The van der Waals surface area contributed by atoms with E-state index in [1.807, 2.05) is 20.8 Å². The first kappa shape index (κ1) is 17.5. The molecule has 126 valence electrons. The minimum atomic E-state index is -0.437. The van der Waals surface area contributed by atoms with Crippen LogP contribution in [0.2, 0.25) is 0 Å². The van der Waals surface area contributed by atoms with Gasteiger partial charge in [-0.15, -0.1) is 0 Å². The standard InChI is InChI=1S/C18H27N3O2/c1-12(2)16(22)20-13-7-9-14(10-8-13)21-17(23)15-6-4-5-11-18(15,3)19/h7-10,12,15H,4-6,11,19H2,1-3H3,(H,20,22)(H,21,23). The molecule has 2 atom stereocenters. The number of rotatable bonds is 4. The van der Waals surface area contributed by atoms with Gasteiger partial charge in [0.05, 0.1) is 5.92 Å². The number of amides is 2. The van der Waals surface area contributed by atoms with Crippen LogP contribution in [0.4, 0.5) is 11.4 Å². The smallest absolute Gasteiger partial charge is 0.229 e. The van der Waals surface area contributed by atoms with Crippen LogP contribution in [0.15, 0.2) is 24.3 Å². The number of benzene rings is 1. The van der Waals surface area contributed by atoms with Gasteiger partial charge in [0.1, 0.15) is 0 Å². The Bertz CT molecular complexity index is 564. The molecule has 0 bridgehead atoms. The third-order valence-electron chi connectivity index (χ3n) is 4.52. The maximum Gasteiger partial charge on any atom is 0.229 e. The molecule has 0 heterocycles. The van der Waals surface area contributed by atoms with Crippen LogP contribution in [-0.4, -0.2) is 17.4 Å². The molecule has 1 aromatic rings. The fourth-order valence-corrected chi connectivity index (χ4v) is 2.94. The van der Waals surface area contributed by atoms with Crippen LogP contribution in [0.1, 0.15) is 46.5 Å². The Morgan fingerprint density at radius 1 is 1.13 bits per heavy atom. The quantitative estimate of drug-likeness (QED) is 0.797. The molecule has 1 saturated carbocycles. The predicted octanol–water partition coefficient (Wildman–Crippen LogP) is 3.13. The summed E-state index contributed by atoms with van der Waals surface area (Å²) in [6.07, 6.45) is 3.85. The first-order valence-electron chi connectivity index (χ1n) is 8.30. The molecule has 23 heavy (non-hydrogen) atoms. The summed E-state index contributed by atoms with van der Waals surface area (Å²) in [7, 11) is 0. The number of nitrogens with one attached hydrogen (secondary N) is 2. The highest BCUT2D eigenvalue weighted by Gasteiger charge is 2.37. The molecule has 1 aliphatic carbocycles. The summed E-state index contributed by atoms with van der Waals surface area (Å²) in [5.41, 5.74) is 7.28. The molecule has 0 spiro atoms. The van der Waals surface area contributed by atoms with Crippen molar-refractivity contribution in [3.63, 3.8) is 0 Å². The van der Waals surface area contributed by atoms with Crippen LogP contribution in [0.3, 0.4) is 0 Å². The molecular weight excluding hydrogens is 290 g/mol. The number of carbonyl (C=O) groups is 2. The fraction of sp³-hybridized carbons (Fsp3) is 0.556. The Labute approximate surface area is 138 Å². The SMILES string of the molecule is CC(C)C(=O)Nc1ccc(NC(=O)C2CCCCC2(C)N)cc1. The van der Waals surface area contributed by atoms with Crippen LogP contribution >= 0.6 is 0 Å². The number of carbonyl (C=O) groups excluding carboxylic acids is 2. The molecule has 0 aliphatic heterocycles. The second-order valence-corrected chi connectivity index (χ2v) is 7.01. The predicted molar refractivity (Wildman–Crippen MR) is 93.1 cm³/mol. The Hall–Kier alpha value is -1.88. The molecule has 2 rings (SSSR count). The maximum absolute atomic E-state index is 12.5. The van der Waals surface area contributed by atoms with Crippen molar-refractivity contribution in [2.45, 2.75) is 52.0 Å². The normalized spacial score (nSPS) is 24.3. The number of hydrogen-bond acceptors (Lipinski definition) is 3. The van der Waals surface area contributed by atoms with E-state index in [1.54, 1.807) is 24.3 Å². The lowest BCUT2D eigenvalue weighted by Crippen LogP contribution is -2.51. The van der Waals surface area contributed by atoms with Gasteiger partial charge in [0.15, 0.2) is 0 Å². The number of anilines is 2. The minimum Gasteiger partial charge on any atom is -0.326 e. The van der Waals surface area contributed by atoms with E-state index >= 15 is 0 Å². The van der Waals surface area contributed by atoms with E-state index in [4.69, 9.17) is 5.73 Å². The zero-order chi connectivity index (χ0) is 17.0. The Morgan fingerprint density at radius 2 is 1.70 bits per heavy atom. The monoisotopic (exact) mass is 317 g/mol. The van der Waals surface area contributed by atoms with E-state index in [9.17, 15) is 9.59 Å². The summed E-state index contributed by atoms with van der Waals surface area (Å²) in [4.78, 5) is 24.1. The van der Waals surface area contributed by atoms with Gasteiger partial charge in [0, 0.05) is 22.8 Å². The molecule has 1 fully saturated rings. The largest absolute Gasteiger partial charge is 0.326 e. The van der Waals surface area contributed by atoms with Gasteiger partial charge < -0.3 is 16.4 Å². The molecule has 0 aromatic heterocycles. The molecule has 5 nitrogen and oxygen atoms in total. The molecule has 0 radical (unpaired) electrons. The van der Waals surface area contributed by atoms with E-state index in [1.165, 1.54) is 0 Å². The highest BCUT2D eigenvalue weighted by molar-refractivity contribution is 5.95. The van der Waals surface area contributed by atoms with Gasteiger partial charge in [-0.05, 0) is 44.0 Å². The van der Waals surface area contributed by atoms with Crippen molar-refractivity contribution in [1.29, 1.82) is 0 Å². The van der Waals surface area contributed by atoms with Crippen LogP contribution in [-0.2, 0) is 9.59 Å².